The van der Waals surface area contributed by atoms with E-state index in [1.54, 1.807) is 18.4 Å². The van der Waals surface area contributed by atoms with E-state index in [0.29, 0.717) is 0 Å². The lowest BCUT2D eigenvalue weighted by Gasteiger charge is -2.28. The second-order valence-corrected chi connectivity index (χ2v) is 6.36. The number of ether oxygens (including phenoxy) is 1. The van der Waals surface area contributed by atoms with Crippen LogP contribution >= 0.6 is 11.3 Å². The van der Waals surface area contributed by atoms with E-state index in [9.17, 15) is 0 Å². The van der Waals surface area contributed by atoms with E-state index in [2.05, 4.69) is 48.6 Å². The number of aromatic nitrogens is 1. The average molecular weight is 304 g/mol. The fraction of sp³-hybridized carbons (Fsp3) is 0.471. The van der Waals surface area contributed by atoms with Crippen LogP contribution in [0.2, 0.25) is 0 Å². The van der Waals surface area contributed by atoms with Crippen molar-refractivity contribution >= 4 is 11.3 Å². The smallest absolute Gasteiger partial charge is 0.118 e. The van der Waals surface area contributed by atoms with Crippen molar-refractivity contribution < 1.29 is 4.74 Å². The van der Waals surface area contributed by atoms with Crippen LogP contribution in [0.25, 0.3) is 0 Å². The summed E-state index contributed by atoms with van der Waals surface area (Å²) in [7, 11) is 1.70. The number of aryl methyl sites for hydroxylation is 2. The van der Waals surface area contributed by atoms with Gasteiger partial charge >= 0.3 is 0 Å². The molecule has 21 heavy (non-hydrogen) atoms. The molecule has 1 heterocycles. The molecule has 0 radical (unpaired) electrons. The zero-order valence-electron chi connectivity index (χ0n) is 13.3. The second-order valence-electron chi connectivity index (χ2n) is 5.50. The van der Waals surface area contributed by atoms with Crippen molar-refractivity contribution in [1.29, 1.82) is 0 Å². The van der Waals surface area contributed by atoms with Gasteiger partial charge in [-0.25, -0.2) is 4.98 Å². The molecule has 4 heteroatoms. The highest BCUT2D eigenvalue weighted by Crippen LogP contribution is 2.29. The lowest BCUT2D eigenvalue weighted by atomic mass is 9.93. The van der Waals surface area contributed by atoms with Crippen LogP contribution < -0.4 is 10.1 Å². The summed E-state index contributed by atoms with van der Waals surface area (Å²) in [6.07, 6.45) is 2.05. The Morgan fingerprint density at radius 2 is 2.00 bits per heavy atom. The van der Waals surface area contributed by atoms with Crippen LogP contribution in [0.4, 0.5) is 0 Å². The summed E-state index contributed by atoms with van der Waals surface area (Å²) in [4.78, 5) is 4.68. The highest BCUT2D eigenvalue weighted by Gasteiger charge is 2.28. The van der Waals surface area contributed by atoms with Crippen molar-refractivity contribution in [2.75, 3.05) is 13.7 Å². The van der Waals surface area contributed by atoms with Gasteiger partial charge in [0.25, 0.3) is 0 Å². The number of nitrogens with zero attached hydrogens (tertiary/aromatic N) is 1. The van der Waals surface area contributed by atoms with Gasteiger partial charge in [-0.2, -0.15) is 0 Å². The maximum absolute atomic E-state index is 5.20. The minimum absolute atomic E-state index is 0.0619. The molecule has 0 fully saturated rings. The molecule has 2 aromatic rings. The minimum atomic E-state index is -0.0619. The number of nitrogens with one attached hydrogen (secondary N) is 1. The molecule has 114 valence electrons. The van der Waals surface area contributed by atoms with Crippen LogP contribution in [0.1, 0.15) is 36.5 Å². The summed E-state index contributed by atoms with van der Waals surface area (Å²) in [6, 6.07) is 8.32. The Hall–Kier alpha value is -1.39. The molecule has 1 atom stereocenters. The third-order valence-electron chi connectivity index (χ3n) is 3.73. The van der Waals surface area contributed by atoms with Crippen LogP contribution in [0.3, 0.4) is 0 Å². The van der Waals surface area contributed by atoms with E-state index in [0.717, 1.165) is 30.8 Å². The second kappa shape index (κ2) is 7.05. The highest BCUT2D eigenvalue weighted by molar-refractivity contribution is 7.09. The maximum atomic E-state index is 5.20. The fourth-order valence-corrected chi connectivity index (χ4v) is 3.42. The van der Waals surface area contributed by atoms with Crippen molar-refractivity contribution in [3.05, 3.63) is 45.9 Å². The highest BCUT2D eigenvalue weighted by atomic mass is 32.1. The van der Waals surface area contributed by atoms with E-state index >= 15 is 0 Å². The summed E-state index contributed by atoms with van der Waals surface area (Å²) in [6.45, 7) is 7.39. The van der Waals surface area contributed by atoms with Crippen LogP contribution in [-0.4, -0.2) is 18.6 Å². The van der Waals surface area contributed by atoms with Crippen molar-refractivity contribution in [1.82, 2.24) is 10.3 Å². The topological polar surface area (TPSA) is 34.1 Å². The first-order chi connectivity index (χ1) is 10.1. The predicted octanol–water partition coefficient (Wildman–Crippen LogP) is 3.92. The first kappa shape index (κ1) is 16.0. The summed E-state index contributed by atoms with van der Waals surface area (Å²) >= 11 is 1.74. The van der Waals surface area contributed by atoms with Gasteiger partial charge in [0.15, 0.2) is 0 Å². The van der Waals surface area contributed by atoms with Crippen molar-refractivity contribution in [3.8, 4) is 5.75 Å². The van der Waals surface area contributed by atoms with Gasteiger partial charge in [-0.05, 0) is 50.9 Å². The molecule has 2 rings (SSSR count). The first-order valence-corrected chi connectivity index (χ1v) is 8.26. The Balaban J connectivity index is 2.08. The summed E-state index contributed by atoms with van der Waals surface area (Å²) in [5.41, 5.74) is 2.37. The Bertz CT molecular complexity index is 564. The van der Waals surface area contributed by atoms with E-state index in [1.807, 2.05) is 12.1 Å². The standard InChI is InChI=1S/C17H24N2OS/c1-5-18-17(3,16-19-13(2)12-21-16)11-10-14-6-8-15(20-4)9-7-14/h6-9,12,18H,5,10-11H2,1-4H3. The summed E-state index contributed by atoms with van der Waals surface area (Å²) in [5, 5.41) is 6.90. The van der Waals surface area contributed by atoms with Crippen LogP contribution in [0, 0.1) is 6.92 Å². The third kappa shape index (κ3) is 4.05. The third-order valence-corrected chi connectivity index (χ3v) is 4.95. The van der Waals surface area contributed by atoms with Gasteiger partial charge in [-0.3, -0.25) is 0 Å². The SMILES string of the molecule is CCNC(C)(CCc1ccc(OC)cc1)c1nc(C)cs1. The molecule has 0 aliphatic heterocycles. The summed E-state index contributed by atoms with van der Waals surface area (Å²) in [5.74, 6) is 0.906. The Morgan fingerprint density at radius 3 is 2.52 bits per heavy atom. The Kier molecular flexibility index (Phi) is 5.37. The molecular formula is C17H24N2OS. The van der Waals surface area contributed by atoms with Gasteiger partial charge in [-0.1, -0.05) is 19.1 Å². The molecule has 1 N–H and O–H groups in total. The molecule has 3 nitrogen and oxygen atoms in total. The molecule has 0 amide bonds. The van der Waals surface area contributed by atoms with Gasteiger partial charge in [0.1, 0.15) is 10.8 Å². The number of methoxy groups -OCH3 is 1. The molecule has 0 spiro atoms. The zero-order chi connectivity index (χ0) is 15.3. The minimum Gasteiger partial charge on any atom is -0.497 e. The molecule has 0 saturated carbocycles. The van der Waals surface area contributed by atoms with Crippen molar-refractivity contribution in [2.24, 2.45) is 0 Å². The van der Waals surface area contributed by atoms with Gasteiger partial charge in [0, 0.05) is 11.1 Å². The molecule has 0 aliphatic carbocycles. The fourth-order valence-electron chi connectivity index (χ4n) is 2.46. The van der Waals surface area contributed by atoms with Gasteiger partial charge in [0.05, 0.1) is 12.6 Å². The molecule has 0 aliphatic rings. The van der Waals surface area contributed by atoms with E-state index < -0.39 is 0 Å². The molecular weight excluding hydrogens is 280 g/mol. The maximum Gasteiger partial charge on any atom is 0.118 e. The van der Waals surface area contributed by atoms with Crippen LogP contribution in [0.5, 0.6) is 5.75 Å². The normalized spacial score (nSPS) is 13.9. The van der Waals surface area contributed by atoms with Gasteiger partial charge < -0.3 is 10.1 Å². The number of rotatable bonds is 7. The van der Waals surface area contributed by atoms with E-state index in [1.165, 1.54) is 10.6 Å². The van der Waals surface area contributed by atoms with Crippen LogP contribution in [-0.2, 0) is 12.0 Å². The number of benzene rings is 1. The lowest BCUT2D eigenvalue weighted by Crippen LogP contribution is -2.39. The Labute approximate surface area is 131 Å². The van der Waals surface area contributed by atoms with Gasteiger partial charge in [-0.15, -0.1) is 11.3 Å². The monoisotopic (exact) mass is 304 g/mol. The average Bonchev–Trinajstić information content (AvgIpc) is 2.93. The predicted molar refractivity (Wildman–Crippen MR) is 89.2 cm³/mol. The lowest BCUT2D eigenvalue weighted by molar-refractivity contribution is 0.346. The van der Waals surface area contributed by atoms with Crippen molar-refractivity contribution in [3.63, 3.8) is 0 Å². The van der Waals surface area contributed by atoms with E-state index in [-0.39, 0.29) is 5.54 Å². The van der Waals surface area contributed by atoms with Crippen molar-refractivity contribution in [2.45, 2.75) is 39.2 Å². The summed E-state index contributed by atoms with van der Waals surface area (Å²) < 4.78 is 5.20. The zero-order valence-corrected chi connectivity index (χ0v) is 14.1. The van der Waals surface area contributed by atoms with Gasteiger partial charge in [0.2, 0.25) is 0 Å². The molecule has 1 aromatic heterocycles. The quantitative estimate of drug-likeness (QED) is 0.842. The molecule has 0 bridgehead atoms. The largest absolute Gasteiger partial charge is 0.497 e. The Morgan fingerprint density at radius 1 is 1.29 bits per heavy atom. The molecule has 1 unspecified atom stereocenters. The molecule has 0 saturated heterocycles. The number of hydrogen-bond donors (Lipinski definition) is 1. The van der Waals surface area contributed by atoms with Crippen LogP contribution in [0.15, 0.2) is 29.6 Å². The number of hydrogen-bond acceptors (Lipinski definition) is 4. The first-order valence-electron chi connectivity index (χ1n) is 7.38. The molecule has 1 aromatic carbocycles. The number of thiazole rings is 1. The van der Waals surface area contributed by atoms with E-state index in [4.69, 9.17) is 4.74 Å².